The molecule has 2 fully saturated rings. The van der Waals surface area contributed by atoms with Crippen LogP contribution < -0.4 is 10.6 Å². The highest BCUT2D eigenvalue weighted by Crippen LogP contribution is 2.24. The molecule has 0 atom stereocenters. The second-order valence-corrected chi connectivity index (χ2v) is 9.26. The van der Waals surface area contributed by atoms with Crippen LogP contribution >= 0.6 is 12.2 Å². The van der Waals surface area contributed by atoms with Crippen molar-refractivity contribution in [2.45, 2.75) is 49.8 Å². The van der Waals surface area contributed by atoms with Crippen molar-refractivity contribution in [3.63, 3.8) is 0 Å². The van der Waals surface area contributed by atoms with Crippen LogP contribution in [0.25, 0.3) is 0 Å². The van der Waals surface area contributed by atoms with Crippen molar-refractivity contribution in [1.29, 1.82) is 0 Å². The molecule has 1 saturated carbocycles. The van der Waals surface area contributed by atoms with Crippen LogP contribution in [-0.2, 0) is 14.8 Å². The molecule has 1 aliphatic carbocycles. The van der Waals surface area contributed by atoms with E-state index in [2.05, 4.69) is 10.6 Å². The number of benzene rings is 1. The van der Waals surface area contributed by atoms with Gasteiger partial charge in [-0.3, -0.25) is 4.79 Å². The molecule has 1 heterocycles. The SMILES string of the molecule is O=C(NC(=S)Nc1ccc(S(=O)(=O)N2CCCC2)cc1)C1CCCCC1. The molecule has 1 saturated heterocycles. The number of carbonyl (C=O) groups excluding carboxylic acids is 1. The van der Waals surface area contributed by atoms with Gasteiger partial charge in [0.1, 0.15) is 0 Å². The molecule has 2 N–H and O–H groups in total. The zero-order chi connectivity index (χ0) is 18.6. The molecule has 0 spiro atoms. The van der Waals surface area contributed by atoms with Gasteiger partial charge in [0.25, 0.3) is 0 Å². The van der Waals surface area contributed by atoms with Crippen LogP contribution in [0.4, 0.5) is 5.69 Å². The van der Waals surface area contributed by atoms with Gasteiger partial charge in [0.2, 0.25) is 15.9 Å². The van der Waals surface area contributed by atoms with Gasteiger partial charge in [0.05, 0.1) is 4.90 Å². The summed E-state index contributed by atoms with van der Waals surface area (Å²) in [6.07, 6.45) is 7.02. The van der Waals surface area contributed by atoms with Crippen molar-refractivity contribution in [2.75, 3.05) is 18.4 Å². The second-order valence-electron chi connectivity index (χ2n) is 6.91. The van der Waals surface area contributed by atoms with Crippen LogP contribution in [0.2, 0.25) is 0 Å². The van der Waals surface area contributed by atoms with Gasteiger partial charge < -0.3 is 10.6 Å². The molecule has 1 aliphatic heterocycles. The van der Waals surface area contributed by atoms with E-state index in [1.807, 2.05) is 0 Å². The number of nitrogens with one attached hydrogen (secondary N) is 2. The van der Waals surface area contributed by atoms with Gasteiger partial charge in [-0.2, -0.15) is 4.31 Å². The summed E-state index contributed by atoms with van der Waals surface area (Å²) in [6.45, 7) is 1.17. The Hall–Kier alpha value is -1.51. The van der Waals surface area contributed by atoms with E-state index in [4.69, 9.17) is 12.2 Å². The Bertz CT molecular complexity index is 750. The van der Waals surface area contributed by atoms with Gasteiger partial charge in [-0.15, -0.1) is 0 Å². The number of thiocarbonyl (C=S) groups is 1. The van der Waals surface area contributed by atoms with Gasteiger partial charge in [-0.05, 0) is 62.2 Å². The Morgan fingerprint density at radius 2 is 1.62 bits per heavy atom. The maximum absolute atomic E-state index is 12.5. The van der Waals surface area contributed by atoms with E-state index in [1.54, 1.807) is 24.3 Å². The molecule has 6 nitrogen and oxygen atoms in total. The highest BCUT2D eigenvalue weighted by molar-refractivity contribution is 7.89. The first-order valence-electron chi connectivity index (χ1n) is 9.19. The second kappa shape index (κ2) is 8.45. The van der Waals surface area contributed by atoms with Crippen LogP contribution in [0.1, 0.15) is 44.9 Å². The molecule has 0 bridgehead atoms. The maximum atomic E-state index is 12.5. The molecule has 1 amide bonds. The van der Waals surface area contributed by atoms with E-state index >= 15 is 0 Å². The Kier molecular flexibility index (Phi) is 6.26. The Balaban J connectivity index is 1.56. The van der Waals surface area contributed by atoms with Gasteiger partial charge in [-0.25, -0.2) is 8.42 Å². The number of hydrogen-bond acceptors (Lipinski definition) is 4. The van der Waals surface area contributed by atoms with E-state index < -0.39 is 10.0 Å². The summed E-state index contributed by atoms with van der Waals surface area (Å²) >= 11 is 5.21. The number of nitrogens with zero attached hydrogens (tertiary/aromatic N) is 1. The Morgan fingerprint density at radius 1 is 1.00 bits per heavy atom. The van der Waals surface area contributed by atoms with E-state index in [-0.39, 0.29) is 21.8 Å². The van der Waals surface area contributed by atoms with Crippen molar-refractivity contribution in [3.8, 4) is 0 Å². The summed E-state index contributed by atoms with van der Waals surface area (Å²) in [4.78, 5) is 12.5. The predicted molar refractivity (Wildman–Crippen MR) is 105 cm³/mol. The third-order valence-corrected chi connectivity index (χ3v) is 7.14. The first-order valence-corrected chi connectivity index (χ1v) is 11.0. The number of anilines is 1. The molecular formula is C18H25N3O3S2. The molecule has 3 rings (SSSR count). The fourth-order valence-corrected chi connectivity index (χ4v) is 5.26. The minimum absolute atomic E-state index is 0.0320. The third-order valence-electron chi connectivity index (χ3n) is 5.03. The molecular weight excluding hydrogens is 370 g/mol. The van der Waals surface area contributed by atoms with E-state index in [1.165, 1.54) is 10.7 Å². The Labute approximate surface area is 160 Å². The summed E-state index contributed by atoms with van der Waals surface area (Å²) < 4.78 is 26.5. The topological polar surface area (TPSA) is 78.5 Å². The van der Waals surface area contributed by atoms with Gasteiger partial charge in [0.15, 0.2) is 5.11 Å². The molecule has 142 valence electrons. The molecule has 8 heteroatoms. The first kappa shape index (κ1) is 19.3. The lowest BCUT2D eigenvalue weighted by atomic mass is 9.89. The van der Waals surface area contributed by atoms with E-state index in [0.29, 0.717) is 18.8 Å². The minimum atomic E-state index is -3.41. The van der Waals surface area contributed by atoms with Crippen LogP contribution in [0.5, 0.6) is 0 Å². The minimum Gasteiger partial charge on any atom is -0.332 e. The molecule has 0 radical (unpaired) electrons. The quantitative estimate of drug-likeness (QED) is 0.767. The lowest BCUT2D eigenvalue weighted by Gasteiger charge is -2.21. The molecule has 2 aliphatic rings. The fourth-order valence-electron chi connectivity index (χ4n) is 3.53. The predicted octanol–water partition coefficient (Wildman–Crippen LogP) is 2.86. The van der Waals surface area contributed by atoms with Crippen LogP contribution in [0.15, 0.2) is 29.2 Å². The number of sulfonamides is 1. The van der Waals surface area contributed by atoms with Crippen molar-refractivity contribution in [1.82, 2.24) is 9.62 Å². The average molecular weight is 396 g/mol. The zero-order valence-corrected chi connectivity index (χ0v) is 16.4. The molecule has 26 heavy (non-hydrogen) atoms. The zero-order valence-electron chi connectivity index (χ0n) is 14.7. The summed E-state index contributed by atoms with van der Waals surface area (Å²) in [5.74, 6) is 0.00640. The highest BCUT2D eigenvalue weighted by atomic mass is 32.2. The van der Waals surface area contributed by atoms with Crippen molar-refractivity contribution in [2.24, 2.45) is 5.92 Å². The number of hydrogen-bond donors (Lipinski definition) is 2. The van der Waals surface area contributed by atoms with Crippen LogP contribution in [-0.4, -0.2) is 36.8 Å². The number of rotatable bonds is 4. The highest BCUT2D eigenvalue weighted by Gasteiger charge is 2.27. The summed E-state index contributed by atoms with van der Waals surface area (Å²) in [7, 11) is -3.41. The van der Waals surface area contributed by atoms with E-state index in [9.17, 15) is 13.2 Å². The standard InChI is InChI=1S/C18H25N3O3S2/c22-17(14-6-2-1-3-7-14)20-18(25)19-15-8-10-16(11-9-15)26(23,24)21-12-4-5-13-21/h8-11,14H,1-7,12-13H2,(H2,19,20,22,25). The van der Waals surface area contributed by atoms with Crippen molar-refractivity contribution >= 4 is 38.9 Å². The smallest absolute Gasteiger partial charge is 0.243 e. The first-order chi connectivity index (χ1) is 12.5. The lowest BCUT2D eigenvalue weighted by Crippen LogP contribution is -2.39. The number of carbonyl (C=O) groups is 1. The summed E-state index contributed by atoms with van der Waals surface area (Å²) in [5, 5.41) is 5.94. The van der Waals surface area contributed by atoms with Crippen molar-refractivity contribution in [3.05, 3.63) is 24.3 Å². The summed E-state index contributed by atoms with van der Waals surface area (Å²) in [6, 6.07) is 6.48. The van der Waals surface area contributed by atoms with Crippen molar-refractivity contribution < 1.29 is 13.2 Å². The van der Waals surface area contributed by atoms with Crippen LogP contribution in [0.3, 0.4) is 0 Å². The molecule has 1 aromatic rings. The monoisotopic (exact) mass is 395 g/mol. The third kappa shape index (κ3) is 4.61. The van der Waals surface area contributed by atoms with Crippen LogP contribution in [0, 0.1) is 5.92 Å². The molecule has 0 aromatic heterocycles. The lowest BCUT2D eigenvalue weighted by molar-refractivity contribution is -0.124. The Morgan fingerprint density at radius 3 is 2.23 bits per heavy atom. The normalized spacial score (nSPS) is 19.2. The molecule has 1 aromatic carbocycles. The summed E-state index contributed by atoms with van der Waals surface area (Å²) in [5.41, 5.74) is 0.652. The number of amides is 1. The fraction of sp³-hybridized carbons (Fsp3) is 0.556. The average Bonchev–Trinajstić information content (AvgIpc) is 3.18. The maximum Gasteiger partial charge on any atom is 0.243 e. The van der Waals surface area contributed by atoms with Gasteiger partial charge in [0, 0.05) is 24.7 Å². The van der Waals surface area contributed by atoms with Gasteiger partial charge in [-0.1, -0.05) is 19.3 Å². The largest absolute Gasteiger partial charge is 0.332 e. The van der Waals surface area contributed by atoms with E-state index in [0.717, 1.165) is 38.5 Å². The molecule has 0 unspecified atom stereocenters. The van der Waals surface area contributed by atoms with Gasteiger partial charge >= 0.3 is 0 Å².